The van der Waals surface area contributed by atoms with E-state index in [1.165, 1.54) is 6.07 Å². The predicted octanol–water partition coefficient (Wildman–Crippen LogP) is 5.89. The summed E-state index contributed by atoms with van der Waals surface area (Å²) in [6.45, 7) is 7.83. The molecule has 1 amide bonds. The zero-order valence-corrected chi connectivity index (χ0v) is 21.0. The number of anilines is 2. The van der Waals surface area contributed by atoms with Crippen LogP contribution in [0, 0.1) is 24.0 Å². The van der Waals surface area contributed by atoms with E-state index in [1.807, 2.05) is 67.8 Å². The van der Waals surface area contributed by atoms with Crippen molar-refractivity contribution in [1.82, 2.24) is 9.55 Å². The van der Waals surface area contributed by atoms with Gasteiger partial charge in [0.2, 0.25) is 5.95 Å². The maximum absolute atomic E-state index is 13.9. The van der Waals surface area contributed by atoms with E-state index in [9.17, 15) is 14.9 Å². The number of aryl methyl sites for hydroxylation is 2. The highest BCUT2D eigenvalue weighted by Crippen LogP contribution is 2.42. The van der Waals surface area contributed by atoms with Gasteiger partial charge in [-0.2, -0.15) is 0 Å². The van der Waals surface area contributed by atoms with Crippen molar-refractivity contribution in [3.63, 3.8) is 0 Å². The Labute approximate surface area is 213 Å². The maximum Gasteiger partial charge on any atom is 0.311 e. The number of aromatic nitrogens is 2. The average Bonchev–Trinajstić information content (AvgIpc) is 3.23. The molecule has 5 rings (SSSR count). The molecule has 9 heteroatoms. The molecule has 0 spiro atoms. The summed E-state index contributed by atoms with van der Waals surface area (Å²) < 4.78 is 7.41. The normalized spacial score (nSPS) is 14.8. The minimum atomic E-state index is -0.663. The van der Waals surface area contributed by atoms with Gasteiger partial charge in [-0.25, -0.2) is 4.98 Å². The van der Waals surface area contributed by atoms with Crippen LogP contribution in [0.25, 0.3) is 11.0 Å². The number of imidazole rings is 1. The van der Waals surface area contributed by atoms with Crippen LogP contribution in [-0.2, 0) is 4.79 Å². The highest BCUT2D eigenvalue weighted by molar-refractivity contribution is 6.06. The molecule has 1 aromatic heterocycles. The fraction of sp³-hybridized carbons (Fsp3) is 0.214. The van der Waals surface area contributed by atoms with E-state index in [0.717, 1.165) is 22.2 Å². The van der Waals surface area contributed by atoms with Crippen LogP contribution < -0.4 is 15.4 Å². The summed E-state index contributed by atoms with van der Waals surface area (Å²) in [5.74, 6) is 0.438. The zero-order valence-electron chi connectivity index (χ0n) is 21.0. The van der Waals surface area contributed by atoms with Crippen molar-refractivity contribution in [2.75, 3.05) is 17.2 Å². The van der Waals surface area contributed by atoms with E-state index >= 15 is 0 Å². The minimum absolute atomic E-state index is 0.157. The molecule has 0 saturated carbocycles. The molecule has 0 saturated heterocycles. The SMILES string of the molecule is CCOc1ccc([C@@H]2C(C(=O)Nc3ccc(C)cc3C)=C(C)Nc3nc4ccccc4n32)cc1[N+](=O)[O-]. The van der Waals surface area contributed by atoms with Crippen molar-refractivity contribution in [3.05, 3.63) is 98.7 Å². The number of para-hydroxylation sites is 2. The molecule has 0 bridgehead atoms. The predicted molar refractivity (Wildman–Crippen MR) is 143 cm³/mol. The quantitative estimate of drug-likeness (QED) is 0.254. The largest absolute Gasteiger partial charge is 0.487 e. The van der Waals surface area contributed by atoms with Gasteiger partial charge in [0.05, 0.1) is 34.2 Å². The third kappa shape index (κ3) is 4.29. The van der Waals surface area contributed by atoms with E-state index in [4.69, 9.17) is 9.72 Å². The summed E-state index contributed by atoms with van der Waals surface area (Å²) in [7, 11) is 0. The van der Waals surface area contributed by atoms with Gasteiger partial charge in [0.25, 0.3) is 5.91 Å². The fourth-order valence-electron chi connectivity index (χ4n) is 4.84. The lowest BCUT2D eigenvalue weighted by Gasteiger charge is -2.31. The molecule has 1 aliphatic heterocycles. The monoisotopic (exact) mass is 497 g/mol. The topological polar surface area (TPSA) is 111 Å². The molecular weight excluding hydrogens is 470 g/mol. The van der Waals surface area contributed by atoms with Crippen molar-refractivity contribution in [1.29, 1.82) is 0 Å². The number of nitro groups is 1. The Morgan fingerprint density at radius 3 is 2.65 bits per heavy atom. The molecule has 3 aromatic carbocycles. The number of carbonyl (C=O) groups excluding carboxylic acids is 1. The van der Waals surface area contributed by atoms with E-state index in [1.54, 1.807) is 19.1 Å². The van der Waals surface area contributed by atoms with Gasteiger partial charge in [-0.05, 0) is 63.1 Å². The van der Waals surface area contributed by atoms with Gasteiger partial charge in [0.15, 0.2) is 5.75 Å². The molecule has 188 valence electrons. The van der Waals surface area contributed by atoms with E-state index < -0.39 is 11.0 Å². The molecule has 0 unspecified atom stereocenters. The first-order valence-electron chi connectivity index (χ1n) is 12.0. The molecule has 1 aliphatic rings. The number of fused-ring (bicyclic) bond motifs is 3. The standard InChI is InChI=1S/C28H27N5O4/c1-5-37-24-13-11-19(15-23(24)33(35)36)26-25(27(34)30-20-12-10-16(2)14-17(20)3)18(4)29-28-31-21-8-6-7-9-22(21)32(26)28/h6-15,26H,5H2,1-4H3,(H,29,31)(H,30,34)/t26-/m1/s1. The van der Waals surface area contributed by atoms with E-state index in [2.05, 4.69) is 10.6 Å². The Kier molecular flexibility index (Phi) is 6.12. The van der Waals surface area contributed by atoms with Gasteiger partial charge in [-0.3, -0.25) is 19.5 Å². The van der Waals surface area contributed by atoms with Crippen molar-refractivity contribution < 1.29 is 14.5 Å². The zero-order chi connectivity index (χ0) is 26.3. The first-order valence-corrected chi connectivity index (χ1v) is 12.0. The molecule has 2 N–H and O–H groups in total. The van der Waals surface area contributed by atoms with Gasteiger partial charge in [-0.1, -0.05) is 35.9 Å². The lowest BCUT2D eigenvalue weighted by atomic mass is 9.93. The lowest BCUT2D eigenvalue weighted by Crippen LogP contribution is -2.31. The highest BCUT2D eigenvalue weighted by atomic mass is 16.6. The number of hydrogen-bond donors (Lipinski definition) is 2. The summed E-state index contributed by atoms with van der Waals surface area (Å²) in [6, 6.07) is 17.6. The molecule has 0 fully saturated rings. The fourth-order valence-corrected chi connectivity index (χ4v) is 4.84. The van der Waals surface area contributed by atoms with Crippen LogP contribution in [0.1, 0.15) is 36.6 Å². The van der Waals surface area contributed by atoms with Crippen molar-refractivity contribution in [3.8, 4) is 5.75 Å². The van der Waals surface area contributed by atoms with Crippen LogP contribution in [0.4, 0.5) is 17.3 Å². The molecule has 9 nitrogen and oxygen atoms in total. The third-order valence-corrected chi connectivity index (χ3v) is 6.50. The molecular formula is C28H27N5O4. The van der Waals surface area contributed by atoms with Crippen molar-refractivity contribution in [2.45, 2.75) is 33.7 Å². The van der Waals surface area contributed by atoms with Crippen LogP contribution in [-0.4, -0.2) is 27.0 Å². The number of nitro benzene ring substituents is 1. The third-order valence-electron chi connectivity index (χ3n) is 6.50. The lowest BCUT2D eigenvalue weighted by molar-refractivity contribution is -0.385. The van der Waals surface area contributed by atoms with Crippen LogP contribution in [0.2, 0.25) is 0 Å². The van der Waals surface area contributed by atoms with Crippen molar-refractivity contribution in [2.24, 2.45) is 0 Å². The van der Waals surface area contributed by atoms with Gasteiger partial charge in [-0.15, -0.1) is 0 Å². The number of hydrogen-bond acceptors (Lipinski definition) is 6. The average molecular weight is 498 g/mol. The van der Waals surface area contributed by atoms with E-state index in [-0.39, 0.29) is 17.3 Å². The Morgan fingerprint density at radius 1 is 1.14 bits per heavy atom. The minimum Gasteiger partial charge on any atom is -0.487 e. The van der Waals surface area contributed by atoms with E-state index in [0.29, 0.717) is 35.1 Å². The number of allylic oxidation sites excluding steroid dienone is 1. The Morgan fingerprint density at radius 2 is 1.92 bits per heavy atom. The highest BCUT2D eigenvalue weighted by Gasteiger charge is 2.35. The summed E-state index contributed by atoms with van der Waals surface area (Å²) in [4.78, 5) is 30.0. The van der Waals surface area contributed by atoms with Crippen LogP contribution in [0.3, 0.4) is 0 Å². The Bertz CT molecular complexity index is 1590. The summed E-state index contributed by atoms with van der Waals surface area (Å²) in [5, 5.41) is 18.2. The maximum atomic E-state index is 13.9. The number of rotatable bonds is 6. The number of benzene rings is 3. The van der Waals surface area contributed by atoms with Gasteiger partial charge >= 0.3 is 5.69 Å². The van der Waals surface area contributed by atoms with Crippen LogP contribution >= 0.6 is 0 Å². The van der Waals surface area contributed by atoms with Gasteiger partial charge < -0.3 is 15.4 Å². The van der Waals surface area contributed by atoms with Crippen LogP contribution in [0.15, 0.2) is 71.9 Å². The summed E-state index contributed by atoms with van der Waals surface area (Å²) >= 11 is 0. The molecule has 0 radical (unpaired) electrons. The molecule has 4 aromatic rings. The number of nitrogens with zero attached hydrogens (tertiary/aromatic N) is 3. The Hall–Kier alpha value is -4.66. The van der Waals surface area contributed by atoms with Gasteiger partial charge in [0, 0.05) is 17.5 Å². The molecule has 37 heavy (non-hydrogen) atoms. The summed E-state index contributed by atoms with van der Waals surface area (Å²) in [6.07, 6.45) is 0. The Balaban J connectivity index is 1.69. The molecule has 0 aliphatic carbocycles. The van der Waals surface area contributed by atoms with Gasteiger partial charge in [0.1, 0.15) is 0 Å². The first kappa shape index (κ1) is 24.1. The smallest absolute Gasteiger partial charge is 0.311 e. The first-order chi connectivity index (χ1) is 17.8. The van der Waals surface area contributed by atoms with Crippen molar-refractivity contribution >= 4 is 34.3 Å². The van der Waals surface area contributed by atoms with Crippen LogP contribution in [0.5, 0.6) is 5.75 Å². The second kappa shape index (κ2) is 9.42. The summed E-state index contributed by atoms with van der Waals surface area (Å²) in [5.41, 5.74) is 5.77. The molecule has 2 heterocycles. The number of ether oxygens (including phenoxy) is 1. The second-order valence-electron chi connectivity index (χ2n) is 9.05. The molecule has 1 atom stereocenters. The second-order valence-corrected chi connectivity index (χ2v) is 9.05. The number of carbonyl (C=O) groups is 1. The number of nitrogens with one attached hydrogen (secondary N) is 2. The number of amides is 1.